The first-order chi connectivity index (χ1) is 9.21. The summed E-state index contributed by atoms with van der Waals surface area (Å²) >= 11 is 1.35. The molecule has 0 saturated heterocycles. The van der Waals surface area contributed by atoms with Gasteiger partial charge in [0.1, 0.15) is 11.1 Å². The van der Waals surface area contributed by atoms with Crippen molar-refractivity contribution in [3.8, 4) is 6.07 Å². The fraction of sp³-hybridized carbons (Fsp3) is 0.500. The van der Waals surface area contributed by atoms with E-state index in [0.29, 0.717) is 10.6 Å². The van der Waals surface area contributed by atoms with Crippen LogP contribution >= 0.6 is 11.3 Å². The average Bonchev–Trinajstić information content (AvgIpc) is 2.82. The molecular formula is C14H16N2O3S. The molecule has 0 radical (unpaired) electrons. The molecule has 0 aliphatic heterocycles. The van der Waals surface area contributed by atoms with E-state index < -0.39 is 23.2 Å². The minimum absolute atomic E-state index is 0.319. The van der Waals surface area contributed by atoms with E-state index in [-0.39, 0.29) is 5.91 Å². The van der Waals surface area contributed by atoms with E-state index >= 15 is 0 Å². The molecule has 1 heterocycles. The molecule has 5 nitrogen and oxygen atoms in total. The average molecular weight is 292 g/mol. The van der Waals surface area contributed by atoms with Gasteiger partial charge in [-0.05, 0) is 24.8 Å². The molecule has 2 unspecified atom stereocenters. The molecule has 106 valence electrons. The summed E-state index contributed by atoms with van der Waals surface area (Å²) in [5, 5.41) is 21.5. The van der Waals surface area contributed by atoms with Gasteiger partial charge >= 0.3 is 5.97 Å². The molecule has 1 saturated carbocycles. The fourth-order valence-electron chi connectivity index (χ4n) is 2.63. The quantitative estimate of drug-likeness (QED) is 0.895. The summed E-state index contributed by atoms with van der Waals surface area (Å²) in [5.41, 5.74) is 0.785. The van der Waals surface area contributed by atoms with E-state index in [9.17, 15) is 9.59 Å². The van der Waals surface area contributed by atoms with Crippen molar-refractivity contribution >= 4 is 28.2 Å². The number of hydrogen-bond donors (Lipinski definition) is 2. The van der Waals surface area contributed by atoms with Crippen LogP contribution in [0.25, 0.3) is 0 Å². The maximum atomic E-state index is 12.2. The third-order valence-electron chi connectivity index (χ3n) is 4.11. The summed E-state index contributed by atoms with van der Waals surface area (Å²) in [6, 6.07) is 2.08. The van der Waals surface area contributed by atoms with Gasteiger partial charge in [-0.15, -0.1) is 11.3 Å². The first-order valence-corrected chi connectivity index (χ1v) is 7.07. The van der Waals surface area contributed by atoms with Crippen molar-refractivity contribution in [1.82, 2.24) is 0 Å². The molecule has 6 heteroatoms. The van der Waals surface area contributed by atoms with Crippen LogP contribution in [-0.2, 0) is 9.59 Å². The van der Waals surface area contributed by atoms with E-state index in [2.05, 4.69) is 11.4 Å². The zero-order valence-corrected chi connectivity index (χ0v) is 12.6. The molecule has 0 spiro atoms. The number of carboxylic acid groups (broad SMARTS) is 1. The fourth-order valence-corrected chi connectivity index (χ4v) is 3.64. The van der Waals surface area contributed by atoms with Crippen LogP contribution in [0.15, 0.2) is 0 Å². The molecule has 0 aromatic carbocycles. The third kappa shape index (κ3) is 2.08. The van der Waals surface area contributed by atoms with E-state index in [1.807, 2.05) is 13.8 Å². The van der Waals surface area contributed by atoms with Crippen molar-refractivity contribution in [2.75, 3.05) is 5.32 Å². The van der Waals surface area contributed by atoms with Crippen molar-refractivity contribution in [2.45, 2.75) is 27.7 Å². The number of thiophene rings is 1. The van der Waals surface area contributed by atoms with E-state index in [1.54, 1.807) is 13.8 Å². The van der Waals surface area contributed by atoms with Gasteiger partial charge in [0.15, 0.2) is 0 Å². The molecule has 1 fully saturated rings. The largest absolute Gasteiger partial charge is 0.481 e. The van der Waals surface area contributed by atoms with Gasteiger partial charge in [0.2, 0.25) is 5.91 Å². The lowest BCUT2D eigenvalue weighted by Gasteiger charge is -2.04. The maximum Gasteiger partial charge on any atom is 0.307 e. The summed E-state index contributed by atoms with van der Waals surface area (Å²) in [6.07, 6.45) is 0. The summed E-state index contributed by atoms with van der Waals surface area (Å²) in [5.74, 6) is -2.47. The first kappa shape index (κ1) is 14.5. The highest BCUT2D eigenvalue weighted by Gasteiger charge is 2.65. The summed E-state index contributed by atoms with van der Waals surface area (Å²) in [7, 11) is 0. The highest BCUT2D eigenvalue weighted by molar-refractivity contribution is 7.16. The van der Waals surface area contributed by atoms with Crippen molar-refractivity contribution in [3.63, 3.8) is 0 Å². The molecule has 1 aromatic heterocycles. The first-order valence-electron chi connectivity index (χ1n) is 6.25. The number of amides is 1. The number of aryl methyl sites for hydroxylation is 1. The van der Waals surface area contributed by atoms with Crippen LogP contribution in [0.4, 0.5) is 5.00 Å². The molecule has 2 N–H and O–H groups in total. The smallest absolute Gasteiger partial charge is 0.307 e. The molecule has 20 heavy (non-hydrogen) atoms. The topological polar surface area (TPSA) is 90.2 Å². The maximum absolute atomic E-state index is 12.2. The van der Waals surface area contributed by atoms with Crippen molar-refractivity contribution < 1.29 is 14.7 Å². The van der Waals surface area contributed by atoms with Crippen LogP contribution in [0, 0.1) is 42.4 Å². The minimum Gasteiger partial charge on any atom is -0.481 e. The van der Waals surface area contributed by atoms with Crippen LogP contribution in [0.3, 0.4) is 0 Å². The van der Waals surface area contributed by atoms with Crippen LogP contribution in [0.5, 0.6) is 0 Å². The molecule has 1 aliphatic rings. The van der Waals surface area contributed by atoms with Gasteiger partial charge in [0.05, 0.1) is 17.4 Å². The Labute approximate surface area is 121 Å². The summed E-state index contributed by atoms with van der Waals surface area (Å²) in [6.45, 7) is 7.26. The number of carboxylic acids is 1. The Morgan fingerprint density at radius 3 is 2.40 bits per heavy atom. The normalized spacial score (nSPS) is 22.9. The van der Waals surface area contributed by atoms with Crippen molar-refractivity contribution in [2.24, 2.45) is 17.3 Å². The Morgan fingerprint density at radius 2 is 1.95 bits per heavy atom. The number of nitrogens with zero attached hydrogens (tertiary/aromatic N) is 1. The third-order valence-corrected chi connectivity index (χ3v) is 5.23. The predicted octanol–water partition coefficient (Wildman–Crippen LogP) is 2.53. The van der Waals surface area contributed by atoms with Gasteiger partial charge in [0, 0.05) is 4.88 Å². The lowest BCUT2D eigenvalue weighted by Crippen LogP contribution is -2.17. The van der Waals surface area contributed by atoms with Gasteiger partial charge < -0.3 is 10.4 Å². The molecule has 2 atom stereocenters. The minimum atomic E-state index is -0.950. The molecule has 2 rings (SSSR count). The molecule has 1 amide bonds. The van der Waals surface area contributed by atoms with Gasteiger partial charge in [0.25, 0.3) is 0 Å². The monoisotopic (exact) mass is 292 g/mol. The highest BCUT2D eigenvalue weighted by atomic mass is 32.1. The van der Waals surface area contributed by atoms with Gasteiger partial charge in [-0.25, -0.2) is 0 Å². The van der Waals surface area contributed by atoms with E-state index in [4.69, 9.17) is 10.4 Å². The number of hydrogen-bond acceptors (Lipinski definition) is 4. The number of rotatable bonds is 3. The number of aliphatic carboxylic acids is 1. The summed E-state index contributed by atoms with van der Waals surface area (Å²) in [4.78, 5) is 24.3. The van der Waals surface area contributed by atoms with Crippen LogP contribution in [0.2, 0.25) is 0 Å². The number of nitrogens with one attached hydrogen (secondary N) is 1. The predicted molar refractivity (Wildman–Crippen MR) is 75.5 cm³/mol. The van der Waals surface area contributed by atoms with Crippen LogP contribution in [0.1, 0.15) is 29.9 Å². The Balaban J connectivity index is 2.21. The van der Waals surface area contributed by atoms with E-state index in [0.717, 1.165) is 10.4 Å². The molecule has 1 aromatic rings. The molecular weight excluding hydrogens is 276 g/mol. The highest BCUT2D eigenvalue weighted by Crippen LogP contribution is 2.58. The van der Waals surface area contributed by atoms with Crippen molar-refractivity contribution in [3.05, 3.63) is 16.0 Å². The zero-order chi connectivity index (χ0) is 15.2. The molecule has 0 bridgehead atoms. The Morgan fingerprint density at radius 1 is 1.35 bits per heavy atom. The Bertz CT molecular complexity index is 640. The second-order valence-electron chi connectivity index (χ2n) is 5.70. The number of carbonyl (C=O) groups is 2. The van der Waals surface area contributed by atoms with Gasteiger partial charge in [-0.2, -0.15) is 5.26 Å². The zero-order valence-electron chi connectivity index (χ0n) is 11.8. The number of anilines is 1. The Kier molecular flexibility index (Phi) is 3.34. The molecule has 1 aliphatic carbocycles. The second-order valence-corrected chi connectivity index (χ2v) is 6.93. The standard InChI is InChI=1S/C14H16N2O3S/c1-6-7(2)20-12(8(6)5-15)16-11(17)9-10(13(18)19)14(9,3)4/h9-10H,1-4H3,(H,16,17)(H,18,19). The van der Waals surface area contributed by atoms with Crippen LogP contribution in [-0.4, -0.2) is 17.0 Å². The van der Waals surface area contributed by atoms with Gasteiger partial charge in [-0.3, -0.25) is 9.59 Å². The van der Waals surface area contributed by atoms with E-state index in [1.165, 1.54) is 11.3 Å². The van der Waals surface area contributed by atoms with Crippen molar-refractivity contribution in [1.29, 1.82) is 5.26 Å². The number of carbonyl (C=O) groups excluding carboxylic acids is 1. The number of nitriles is 1. The Hall–Kier alpha value is -1.87. The lowest BCUT2D eigenvalue weighted by atomic mass is 10.1. The van der Waals surface area contributed by atoms with Crippen LogP contribution < -0.4 is 5.32 Å². The van der Waals surface area contributed by atoms with Gasteiger partial charge in [-0.1, -0.05) is 13.8 Å². The second kappa shape index (κ2) is 4.60. The SMILES string of the molecule is Cc1sc(NC(=O)C2C(C(=O)O)C2(C)C)c(C#N)c1C. The summed E-state index contributed by atoms with van der Waals surface area (Å²) < 4.78 is 0. The lowest BCUT2D eigenvalue weighted by molar-refractivity contribution is -0.140.